The van der Waals surface area contributed by atoms with E-state index in [0.29, 0.717) is 26.7 Å². The van der Waals surface area contributed by atoms with Gasteiger partial charge in [-0.05, 0) is 42.0 Å². The summed E-state index contributed by atoms with van der Waals surface area (Å²) in [5.41, 5.74) is 0.549. The lowest BCUT2D eigenvalue weighted by atomic mass is 10.2. The van der Waals surface area contributed by atoms with Crippen molar-refractivity contribution in [1.29, 1.82) is 0 Å². The minimum atomic E-state index is -3.91. The van der Waals surface area contributed by atoms with Gasteiger partial charge in [0.05, 0.1) is 12.6 Å². The number of aromatic nitrogens is 1. The van der Waals surface area contributed by atoms with Gasteiger partial charge in [0.25, 0.3) is 5.56 Å². The molecule has 0 aliphatic carbocycles. The molecular weight excluding hydrogens is 486 g/mol. The smallest absolute Gasteiger partial charge is 0.267 e. The highest BCUT2D eigenvalue weighted by Gasteiger charge is 2.17. The second-order valence-electron chi connectivity index (χ2n) is 5.43. The first kappa shape index (κ1) is 18.9. The van der Waals surface area contributed by atoms with Crippen molar-refractivity contribution in [2.75, 3.05) is 7.11 Å². The summed E-state index contributed by atoms with van der Waals surface area (Å²) in [6, 6.07) is 11.8. The Morgan fingerprint density at radius 2 is 1.77 bits per heavy atom. The van der Waals surface area contributed by atoms with E-state index in [9.17, 15) is 13.2 Å². The average Bonchev–Trinajstić information content (AvgIpc) is 2.59. The molecule has 2 aromatic carbocycles. The van der Waals surface area contributed by atoms with Gasteiger partial charge in [-0.15, -0.1) is 0 Å². The number of aromatic amines is 1. The molecule has 3 rings (SSSR count). The summed E-state index contributed by atoms with van der Waals surface area (Å²) < 4.78 is 31.7. The molecule has 5 nitrogen and oxygen atoms in total. The summed E-state index contributed by atoms with van der Waals surface area (Å²) in [5.74, 6) is 0.673. The largest absolute Gasteiger partial charge is 0.497 e. The molecule has 1 aromatic heterocycles. The molecular formula is C18H13Br2NO4S. The van der Waals surface area contributed by atoms with Gasteiger partial charge in [0.2, 0.25) is 9.84 Å². The molecule has 0 atom stereocenters. The quantitative estimate of drug-likeness (QED) is 0.574. The van der Waals surface area contributed by atoms with Crippen LogP contribution in [0.4, 0.5) is 0 Å². The van der Waals surface area contributed by atoms with Crippen molar-refractivity contribution in [2.45, 2.75) is 4.90 Å². The van der Waals surface area contributed by atoms with Crippen LogP contribution in [0.25, 0.3) is 17.0 Å². The molecule has 0 aliphatic heterocycles. The van der Waals surface area contributed by atoms with Crippen molar-refractivity contribution >= 4 is 58.7 Å². The molecule has 0 aliphatic rings. The molecule has 26 heavy (non-hydrogen) atoms. The van der Waals surface area contributed by atoms with Crippen molar-refractivity contribution in [3.05, 3.63) is 72.7 Å². The third kappa shape index (κ3) is 3.92. The van der Waals surface area contributed by atoms with Gasteiger partial charge in [-0.25, -0.2) is 8.42 Å². The van der Waals surface area contributed by atoms with Gasteiger partial charge in [-0.2, -0.15) is 0 Å². The highest BCUT2D eigenvalue weighted by molar-refractivity contribution is 9.11. The van der Waals surface area contributed by atoms with E-state index in [1.165, 1.54) is 12.1 Å². The van der Waals surface area contributed by atoms with Gasteiger partial charge in [-0.1, -0.05) is 44.0 Å². The van der Waals surface area contributed by atoms with Crippen LogP contribution in [0, 0.1) is 0 Å². The van der Waals surface area contributed by atoms with Gasteiger partial charge >= 0.3 is 0 Å². The van der Waals surface area contributed by atoms with E-state index < -0.39 is 15.4 Å². The minimum absolute atomic E-state index is 0.308. The third-order valence-corrected chi connectivity index (χ3v) is 6.23. The maximum Gasteiger partial charge on any atom is 0.267 e. The van der Waals surface area contributed by atoms with E-state index in [1.807, 2.05) is 0 Å². The maximum atomic E-state index is 12.6. The van der Waals surface area contributed by atoms with Crippen LogP contribution in [-0.2, 0) is 9.84 Å². The molecule has 0 amide bonds. The second kappa shape index (κ2) is 7.38. The van der Waals surface area contributed by atoms with E-state index in [-0.39, 0.29) is 4.90 Å². The number of halogens is 2. The number of ether oxygens (including phenoxy) is 1. The predicted molar refractivity (Wildman–Crippen MR) is 109 cm³/mol. The fourth-order valence-corrected chi connectivity index (χ4v) is 4.80. The molecule has 0 bridgehead atoms. The lowest BCUT2D eigenvalue weighted by molar-refractivity contribution is 0.415. The van der Waals surface area contributed by atoms with Crippen LogP contribution in [0.5, 0.6) is 5.75 Å². The van der Waals surface area contributed by atoms with Gasteiger partial charge in [0.1, 0.15) is 10.6 Å². The average molecular weight is 499 g/mol. The first-order chi connectivity index (χ1) is 12.3. The number of fused-ring (bicyclic) bond motifs is 1. The first-order valence-corrected chi connectivity index (χ1v) is 10.5. The number of hydrogen-bond acceptors (Lipinski definition) is 4. The number of H-pyrrole nitrogens is 1. The zero-order valence-electron chi connectivity index (χ0n) is 13.5. The Morgan fingerprint density at radius 1 is 1.08 bits per heavy atom. The molecule has 0 unspecified atom stereocenters. The van der Waals surface area contributed by atoms with Crippen LogP contribution < -0.4 is 10.3 Å². The number of benzene rings is 2. The Kier molecular flexibility index (Phi) is 5.36. The Labute approximate surface area is 166 Å². The number of methoxy groups -OCH3 is 1. The van der Waals surface area contributed by atoms with E-state index in [2.05, 4.69) is 36.8 Å². The SMILES string of the molecule is COc1ccc(/C=C\S(=O)(=O)c2cc3c(Br)cc(Br)cc3[nH]c2=O)cc1. The Balaban J connectivity index is 2.04. The van der Waals surface area contributed by atoms with E-state index in [4.69, 9.17) is 4.74 Å². The zero-order valence-corrected chi connectivity index (χ0v) is 17.5. The molecule has 0 saturated carbocycles. The predicted octanol–water partition coefficient (Wildman–Crippen LogP) is 4.51. The first-order valence-electron chi connectivity index (χ1n) is 7.39. The maximum absolute atomic E-state index is 12.6. The molecule has 8 heteroatoms. The number of rotatable bonds is 4. The minimum Gasteiger partial charge on any atom is -0.497 e. The highest BCUT2D eigenvalue weighted by Crippen LogP contribution is 2.28. The van der Waals surface area contributed by atoms with Crippen molar-refractivity contribution in [3.63, 3.8) is 0 Å². The van der Waals surface area contributed by atoms with Crippen molar-refractivity contribution < 1.29 is 13.2 Å². The standard InChI is InChI=1S/C18H13Br2NO4S/c1-25-13-4-2-11(3-5-13)6-7-26(23,24)17-10-14-15(20)8-12(19)9-16(14)21-18(17)22/h2-10H,1H3,(H,21,22)/b7-6-. The summed E-state index contributed by atoms with van der Waals surface area (Å²) in [4.78, 5) is 14.6. The lowest BCUT2D eigenvalue weighted by Crippen LogP contribution is -2.16. The molecule has 0 saturated heterocycles. The third-order valence-electron chi connectivity index (χ3n) is 3.70. The van der Waals surface area contributed by atoms with Crippen molar-refractivity contribution in [1.82, 2.24) is 4.98 Å². The topological polar surface area (TPSA) is 76.2 Å². The number of nitrogens with one attached hydrogen (secondary N) is 1. The summed E-state index contributed by atoms with van der Waals surface area (Å²) >= 11 is 6.72. The van der Waals surface area contributed by atoms with Gasteiger partial charge < -0.3 is 9.72 Å². The van der Waals surface area contributed by atoms with E-state index in [1.54, 1.807) is 43.5 Å². The van der Waals surface area contributed by atoms with Gasteiger partial charge in [0.15, 0.2) is 0 Å². The van der Waals surface area contributed by atoms with Gasteiger partial charge in [0, 0.05) is 19.7 Å². The zero-order chi connectivity index (χ0) is 18.9. The Hall–Kier alpha value is -1.90. The monoisotopic (exact) mass is 497 g/mol. The van der Waals surface area contributed by atoms with Crippen LogP contribution in [0.2, 0.25) is 0 Å². The lowest BCUT2D eigenvalue weighted by Gasteiger charge is -2.05. The summed E-state index contributed by atoms with van der Waals surface area (Å²) in [7, 11) is -2.36. The number of hydrogen-bond donors (Lipinski definition) is 1. The van der Waals surface area contributed by atoms with Crippen molar-refractivity contribution in [2.24, 2.45) is 0 Å². The fourth-order valence-electron chi connectivity index (χ4n) is 2.38. The van der Waals surface area contributed by atoms with Crippen LogP contribution in [0.15, 0.2) is 66.5 Å². The molecule has 3 aromatic rings. The fraction of sp³-hybridized carbons (Fsp3) is 0.0556. The van der Waals surface area contributed by atoms with Crippen molar-refractivity contribution in [3.8, 4) is 5.75 Å². The summed E-state index contributed by atoms with van der Waals surface area (Å²) in [6.45, 7) is 0. The summed E-state index contributed by atoms with van der Waals surface area (Å²) in [6.07, 6.45) is 1.44. The normalized spacial score (nSPS) is 12.0. The van der Waals surface area contributed by atoms with Crippen LogP contribution in [-0.4, -0.2) is 20.5 Å². The highest BCUT2D eigenvalue weighted by atomic mass is 79.9. The molecule has 134 valence electrons. The van der Waals surface area contributed by atoms with Crippen LogP contribution in [0.1, 0.15) is 5.56 Å². The molecule has 0 spiro atoms. The Morgan fingerprint density at radius 3 is 2.42 bits per heavy atom. The van der Waals surface area contributed by atoms with Gasteiger partial charge in [-0.3, -0.25) is 4.79 Å². The molecule has 1 heterocycles. The molecule has 1 N–H and O–H groups in total. The number of pyridine rings is 1. The second-order valence-corrected chi connectivity index (χ2v) is 9.00. The van der Waals surface area contributed by atoms with E-state index in [0.717, 1.165) is 9.88 Å². The Bertz CT molecular complexity index is 1170. The van der Waals surface area contributed by atoms with Crippen LogP contribution in [0.3, 0.4) is 0 Å². The number of sulfone groups is 1. The van der Waals surface area contributed by atoms with Crippen LogP contribution >= 0.6 is 31.9 Å². The van der Waals surface area contributed by atoms with E-state index >= 15 is 0 Å². The molecule has 0 radical (unpaired) electrons. The summed E-state index contributed by atoms with van der Waals surface area (Å²) in [5, 5.41) is 1.63. The molecule has 0 fully saturated rings.